The van der Waals surface area contributed by atoms with E-state index in [2.05, 4.69) is 17.1 Å². The topological polar surface area (TPSA) is 15.3 Å². The Morgan fingerprint density at radius 1 is 1.35 bits per heavy atom. The van der Waals surface area contributed by atoms with E-state index in [1.807, 2.05) is 13.1 Å². The molecule has 0 bridgehead atoms. The van der Waals surface area contributed by atoms with Gasteiger partial charge >= 0.3 is 0 Å². The lowest BCUT2D eigenvalue weighted by Crippen LogP contribution is -2.29. The van der Waals surface area contributed by atoms with E-state index in [-0.39, 0.29) is 10.8 Å². The van der Waals surface area contributed by atoms with Crippen molar-refractivity contribution in [1.29, 1.82) is 0 Å². The van der Waals surface area contributed by atoms with Crippen LogP contribution >= 0.6 is 11.6 Å². The van der Waals surface area contributed by atoms with E-state index in [9.17, 15) is 4.39 Å². The van der Waals surface area contributed by atoms with Gasteiger partial charge in [-0.25, -0.2) is 4.39 Å². The molecule has 96 valence electrons. The number of halogens is 2. The van der Waals surface area contributed by atoms with Crippen LogP contribution in [0.15, 0.2) is 18.2 Å². The molecule has 0 spiro atoms. The van der Waals surface area contributed by atoms with Crippen LogP contribution in [0.5, 0.6) is 0 Å². The molecule has 4 heteroatoms. The second kappa shape index (κ2) is 7.64. The zero-order chi connectivity index (χ0) is 12.7. The molecule has 0 saturated heterocycles. The fraction of sp³-hybridized carbons (Fsp3) is 0.538. The highest BCUT2D eigenvalue weighted by atomic mass is 35.5. The normalized spacial score (nSPS) is 11.1. The van der Waals surface area contributed by atoms with Crippen molar-refractivity contribution in [2.45, 2.75) is 19.9 Å². The number of rotatable bonds is 7. The molecule has 0 atom stereocenters. The first-order chi connectivity index (χ1) is 8.13. The average Bonchev–Trinajstić information content (AvgIpc) is 2.30. The van der Waals surface area contributed by atoms with E-state index in [0.717, 1.165) is 38.2 Å². The third-order valence-corrected chi connectivity index (χ3v) is 2.84. The molecule has 0 aromatic heterocycles. The first-order valence-corrected chi connectivity index (χ1v) is 6.34. The summed E-state index contributed by atoms with van der Waals surface area (Å²) in [6.45, 7) is 5.84. The second-order valence-corrected chi connectivity index (χ2v) is 4.64. The van der Waals surface area contributed by atoms with Crippen molar-refractivity contribution in [3.8, 4) is 0 Å². The molecule has 0 aliphatic carbocycles. The molecule has 0 radical (unpaired) electrons. The quantitative estimate of drug-likeness (QED) is 0.757. The lowest BCUT2D eigenvalue weighted by Gasteiger charge is -2.17. The Hall–Kier alpha value is -0.640. The van der Waals surface area contributed by atoms with E-state index in [1.54, 1.807) is 6.07 Å². The Bertz CT molecular complexity index is 344. The predicted octanol–water partition coefficient (Wildman–Crippen LogP) is 2.91. The molecule has 0 aliphatic heterocycles. The Balaban J connectivity index is 2.34. The van der Waals surface area contributed by atoms with Gasteiger partial charge in [0.05, 0.1) is 5.02 Å². The Morgan fingerprint density at radius 3 is 2.76 bits per heavy atom. The molecule has 1 aromatic carbocycles. The second-order valence-electron chi connectivity index (χ2n) is 4.24. The van der Waals surface area contributed by atoms with E-state index in [1.165, 1.54) is 6.07 Å². The maximum Gasteiger partial charge on any atom is 0.142 e. The van der Waals surface area contributed by atoms with Crippen LogP contribution in [0.25, 0.3) is 0 Å². The molecular formula is C13H20ClFN2. The lowest BCUT2D eigenvalue weighted by molar-refractivity contribution is 0.324. The van der Waals surface area contributed by atoms with Crippen LogP contribution in [0.1, 0.15) is 18.9 Å². The Morgan fingerprint density at radius 2 is 2.12 bits per heavy atom. The molecule has 0 heterocycles. The monoisotopic (exact) mass is 258 g/mol. The van der Waals surface area contributed by atoms with E-state index in [0.29, 0.717) is 0 Å². The maximum absolute atomic E-state index is 13.2. The summed E-state index contributed by atoms with van der Waals surface area (Å²) in [5.74, 6) is -0.346. The molecule has 17 heavy (non-hydrogen) atoms. The summed E-state index contributed by atoms with van der Waals surface area (Å²) in [6, 6.07) is 4.97. The molecule has 2 nitrogen and oxygen atoms in total. The van der Waals surface area contributed by atoms with Crippen molar-refractivity contribution < 1.29 is 4.39 Å². The fourth-order valence-corrected chi connectivity index (χ4v) is 1.72. The third kappa shape index (κ3) is 5.48. The molecule has 0 amide bonds. The van der Waals surface area contributed by atoms with Crippen molar-refractivity contribution in [3.63, 3.8) is 0 Å². The van der Waals surface area contributed by atoms with Crippen molar-refractivity contribution in [2.24, 2.45) is 0 Å². The number of likely N-dealkylation sites (N-methyl/N-ethyl adjacent to an activating group) is 1. The van der Waals surface area contributed by atoms with Gasteiger partial charge in [0.25, 0.3) is 0 Å². The largest absolute Gasteiger partial charge is 0.315 e. The van der Waals surface area contributed by atoms with Gasteiger partial charge in [-0.1, -0.05) is 24.6 Å². The minimum absolute atomic E-state index is 0.181. The number of benzene rings is 1. The minimum atomic E-state index is -0.346. The summed E-state index contributed by atoms with van der Waals surface area (Å²) >= 11 is 5.64. The predicted molar refractivity (Wildman–Crippen MR) is 70.9 cm³/mol. The molecule has 1 aromatic rings. The Kier molecular flexibility index (Phi) is 6.48. The van der Waals surface area contributed by atoms with Gasteiger partial charge in [0, 0.05) is 19.6 Å². The van der Waals surface area contributed by atoms with Crippen LogP contribution in [-0.2, 0) is 6.54 Å². The van der Waals surface area contributed by atoms with Crippen LogP contribution in [-0.4, -0.2) is 31.6 Å². The first kappa shape index (κ1) is 14.4. The van der Waals surface area contributed by atoms with Crippen molar-refractivity contribution in [2.75, 3.05) is 26.7 Å². The SMILES string of the molecule is CCCNCCN(C)Cc1ccc(Cl)c(F)c1. The van der Waals surface area contributed by atoms with Crippen LogP contribution < -0.4 is 5.32 Å². The number of nitrogens with zero attached hydrogens (tertiary/aromatic N) is 1. The van der Waals surface area contributed by atoms with Crippen molar-refractivity contribution in [1.82, 2.24) is 10.2 Å². The summed E-state index contributed by atoms with van der Waals surface area (Å²) in [5.41, 5.74) is 0.949. The molecule has 0 fully saturated rings. The van der Waals surface area contributed by atoms with Crippen LogP contribution in [0, 0.1) is 5.82 Å². The fourth-order valence-electron chi connectivity index (χ4n) is 1.60. The molecular weight excluding hydrogens is 239 g/mol. The standard InChI is InChI=1S/C13H20ClFN2/c1-3-6-16-7-8-17(2)10-11-4-5-12(14)13(15)9-11/h4-5,9,16H,3,6-8,10H2,1-2H3. The maximum atomic E-state index is 13.2. The summed E-state index contributed by atoms with van der Waals surface area (Å²) in [6.07, 6.45) is 1.14. The van der Waals surface area contributed by atoms with Gasteiger partial charge in [-0.05, 0) is 37.7 Å². The molecule has 0 unspecified atom stereocenters. The van der Waals surface area contributed by atoms with Gasteiger partial charge in [-0.15, -0.1) is 0 Å². The van der Waals surface area contributed by atoms with Gasteiger partial charge in [0.2, 0.25) is 0 Å². The smallest absolute Gasteiger partial charge is 0.142 e. The number of hydrogen-bond acceptors (Lipinski definition) is 2. The summed E-state index contributed by atoms with van der Waals surface area (Å²) in [4.78, 5) is 2.16. The van der Waals surface area contributed by atoms with Crippen LogP contribution in [0.4, 0.5) is 4.39 Å². The summed E-state index contributed by atoms with van der Waals surface area (Å²) in [7, 11) is 2.03. The first-order valence-electron chi connectivity index (χ1n) is 5.96. The summed E-state index contributed by atoms with van der Waals surface area (Å²) in [5, 5.41) is 3.52. The highest BCUT2D eigenvalue weighted by Gasteiger charge is 2.03. The molecule has 0 saturated carbocycles. The highest BCUT2D eigenvalue weighted by Crippen LogP contribution is 2.16. The van der Waals surface area contributed by atoms with Crippen molar-refractivity contribution in [3.05, 3.63) is 34.6 Å². The van der Waals surface area contributed by atoms with Gasteiger partial charge in [0.1, 0.15) is 5.82 Å². The lowest BCUT2D eigenvalue weighted by atomic mass is 10.2. The van der Waals surface area contributed by atoms with E-state index < -0.39 is 0 Å². The zero-order valence-electron chi connectivity index (χ0n) is 10.5. The molecule has 1 rings (SSSR count). The van der Waals surface area contributed by atoms with Crippen LogP contribution in [0.2, 0.25) is 5.02 Å². The highest BCUT2D eigenvalue weighted by molar-refractivity contribution is 6.30. The van der Waals surface area contributed by atoms with Gasteiger partial charge in [-0.2, -0.15) is 0 Å². The third-order valence-electron chi connectivity index (χ3n) is 2.53. The van der Waals surface area contributed by atoms with Crippen LogP contribution in [0.3, 0.4) is 0 Å². The minimum Gasteiger partial charge on any atom is -0.315 e. The zero-order valence-corrected chi connectivity index (χ0v) is 11.2. The summed E-state index contributed by atoms with van der Waals surface area (Å²) < 4.78 is 13.2. The molecule has 1 N–H and O–H groups in total. The Labute approximate surface area is 108 Å². The molecule has 0 aliphatic rings. The van der Waals surface area contributed by atoms with E-state index in [4.69, 9.17) is 11.6 Å². The number of hydrogen-bond donors (Lipinski definition) is 1. The number of nitrogens with one attached hydrogen (secondary N) is 1. The van der Waals surface area contributed by atoms with Gasteiger partial charge in [-0.3, -0.25) is 0 Å². The average molecular weight is 259 g/mol. The van der Waals surface area contributed by atoms with Gasteiger partial charge < -0.3 is 10.2 Å². The van der Waals surface area contributed by atoms with E-state index >= 15 is 0 Å². The van der Waals surface area contributed by atoms with Gasteiger partial charge in [0.15, 0.2) is 0 Å². The van der Waals surface area contributed by atoms with Crippen molar-refractivity contribution >= 4 is 11.6 Å².